The van der Waals surface area contributed by atoms with Crippen LogP contribution in [0.15, 0.2) is 43.3 Å². The molecule has 3 atom stereocenters. The van der Waals surface area contributed by atoms with Crippen molar-refractivity contribution in [2.45, 2.75) is 30.8 Å². The summed E-state index contributed by atoms with van der Waals surface area (Å²) < 4.78 is 1.24. The van der Waals surface area contributed by atoms with E-state index in [1.807, 2.05) is 18.5 Å². The molecule has 2 nitrogen and oxygen atoms in total. The van der Waals surface area contributed by atoms with Gasteiger partial charge in [0, 0.05) is 34.6 Å². The van der Waals surface area contributed by atoms with Gasteiger partial charge in [-0.05, 0) is 53.0 Å². The summed E-state index contributed by atoms with van der Waals surface area (Å²) in [4.78, 5) is 6.87. The molecule has 1 aromatic heterocycles. The largest absolute Gasteiger partial charge is 0.287 e. The van der Waals surface area contributed by atoms with Crippen molar-refractivity contribution in [1.82, 2.24) is 9.88 Å². The Kier molecular flexibility index (Phi) is 3.52. The molecule has 2 aliphatic heterocycles. The van der Waals surface area contributed by atoms with E-state index in [9.17, 15) is 0 Å². The highest BCUT2D eigenvalue weighted by Gasteiger charge is 2.36. The van der Waals surface area contributed by atoms with Crippen LogP contribution in [-0.4, -0.2) is 28.5 Å². The minimum absolute atomic E-state index is 0.588. The first-order valence-electron chi connectivity index (χ1n) is 6.43. The van der Waals surface area contributed by atoms with Crippen LogP contribution in [0.2, 0.25) is 0 Å². The summed E-state index contributed by atoms with van der Waals surface area (Å²) in [7, 11) is 0. The van der Waals surface area contributed by atoms with Gasteiger partial charge in [0.15, 0.2) is 0 Å². The van der Waals surface area contributed by atoms with Crippen LogP contribution in [0, 0.1) is 3.57 Å². The molecule has 3 heteroatoms. The Bertz CT molecular complexity index is 467. The second kappa shape index (κ2) is 5.13. The molecule has 2 bridgehead atoms. The monoisotopic (exact) mass is 352 g/mol. The molecule has 94 valence electrons. The second-order valence-corrected chi connectivity index (χ2v) is 6.36. The highest BCUT2D eigenvalue weighted by atomic mass is 127. The lowest BCUT2D eigenvalue weighted by Crippen LogP contribution is -2.43. The van der Waals surface area contributed by atoms with Gasteiger partial charge in [-0.1, -0.05) is 18.2 Å². The average molecular weight is 352 g/mol. The van der Waals surface area contributed by atoms with Crippen LogP contribution < -0.4 is 0 Å². The van der Waals surface area contributed by atoms with Gasteiger partial charge in [-0.15, -0.1) is 6.58 Å². The first kappa shape index (κ1) is 12.4. The normalized spacial score (nSPS) is 30.6. The first-order valence-corrected chi connectivity index (χ1v) is 7.51. The van der Waals surface area contributed by atoms with Crippen LogP contribution in [0.25, 0.3) is 0 Å². The van der Waals surface area contributed by atoms with Crippen LogP contribution in [-0.2, 0) is 0 Å². The van der Waals surface area contributed by atoms with Gasteiger partial charge in [0.2, 0.25) is 0 Å². The average Bonchev–Trinajstić information content (AvgIpc) is 2.62. The zero-order valence-corrected chi connectivity index (χ0v) is 12.5. The standard InChI is InChI=1S/C15H17IN2/c1-2-5-18-14-3-4-15(18)8-11(7-14)12-6-13(16)10-17-9-12/h2-4,6,9-11,14-15H,1,5,7-8H2/t11?,14-,15+. The maximum atomic E-state index is 4.33. The first-order chi connectivity index (χ1) is 8.78. The van der Waals surface area contributed by atoms with Crippen molar-refractivity contribution in [2.24, 2.45) is 0 Å². The third-order valence-corrected chi connectivity index (χ3v) is 4.59. The third kappa shape index (κ3) is 2.26. The van der Waals surface area contributed by atoms with Gasteiger partial charge in [0.05, 0.1) is 0 Å². The summed E-state index contributed by atoms with van der Waals surface area (Å²) in [5.74, 6) is 0.651. The summed E-state index contributed by atoms with van der Waals surface area (Å²) in [5.41, 5.74) is 1.40. The second-order valence-electron chi connectivity index (χ2n) is 5.11. The van der Waals surface area contributed by atoms with Crippen LogP contribution in [0.1, 0.15) is 24.3 Å². The Morgan fingerprint density at radius 1 is 1.33 bits per heavy atom. The van der Waals surface area contributed by atoms with Crippen molar-refractivity contribution in [1.29, 1.82) is 0 Å². The summed E-state index contributed by atoms with van der Waals surface area (Å²) in [6.45, 7) is 4.86. The van der Waals surface area contributed by atoms with Crippen molar-refractivity contribution in [2.75, 3.05) is 6.54 Å². The Labute approximate surface area is 122 Å². The van der Waals surface area contributed by atoms with E-state index in [0.717, 1.165) is 6.54 Å². The minimum Gasteiger partial charge on any atom is -0.287 e. The summed E-state index contributed by atoms with van der Waals surface area (Å²) in [6.07, 6.45) is 13.1. The van der Waals surface area contributed by atoms with Gasteiger partial charge >= 0.3 is 0 Å². The lowest BCUT2D eigenvalue weighted by Gasteiger charge is -2.38. The Balaban J connectivity index is 1.78. The molecule has 0 spiro atoms. The van der Waals surface area contributed by atoms with E-state index < -0.39 is 0 Å². The number of nitrogens with zero attached hydrogens (tertiary/aromatic N) is 2. The fourth-order valence-corrected chi connectivity index (χ4v) is 3.69. The van der Waals surface area contributed by atoms with E-state index >= 15 is 0 Å². The van der Waals surface area contributed by atoms with Crippen molar-refractivity contribution < 1.29 is 0 Å². The molecule has 3 rings (SSSR count). The molecule has 1 saturated heterocycles. The van der Waals surface area contributed by atoms with E-state index in [0.29, 0.717) is 18.0 Å². The van der Waals surface area contributed by atoms with Crippen LogP contribution >= 0.6 is 22.6 Å². The van der Waals surface area contributed by atoms with E-state index in [-0.39, 0.29) is 0 Å². The van der Waals surface area contributed by atoms with Gasteiger partial charge in [0.25, 0.3) is 0 Å². The van der Waals surface area contributed by atoms with E-state index in [4.69, 9.17) is 0 Å². The zero-order valence-electron chi connectivity index (χ0n) is 10.3. The molecule has 2 aliphatic rings. The molecule has 0 saturated carbocycles. The number of hydrogen-bond donors (Lipinski definition) is 0. The highest BCUT2D eigenvalue weighted by Crippen LogP contribution is 2.39. The molecular formula is C15H17IN2. The number of fused-ring (bicyclic) bond motifs is 2. The molecule has 0 radical (unpaired) electrons. The molecule has 1 unspecified atom stereocenters. The molecule has 1 aromatic rings. The van der Waals surface area contributed by atoms with Gasteiger partial charge in [-0.3, -0.25) is 9.88 Å². The Morgan fingerprint density at radius 2 is 2.06 bits per heavy atom. The van der Waals surface area contributed by atoms with Gasteiger partial charge in [0.1, 0.15) is 0 Å². The number of piperidine rings is 1. The van der Waals surface area contributed by atoms with Gasteiger partial charge in [-0.25, -0.2) is 0 Å². The number of pyridine rings is 1. The molecule has 18 heavy (non-hydrogen) atoms. The van der Waals surface area contributed by atoms with Crippen molar-refractivity contribution in [3.05, 3.63) is 52.4 Å². The summed E-state index contributed by atoms with van der Waals surface area (Å²) in [5, 5.41) is 0. The van der Waals surface area contributed by atoms with Crippen molar-refractivity contribution in [3.8, 4) is 0 Å². The predicted octanol–water partition coefficient (Wildman–Crippen LogP) is 3.36. The van der Waals surface area contributed by atoms with Crippen molar-refractivity contribution >= 4 is 22.6 Å². The molecule has 0 aromatic carbocycles. The van der Waals surface area contributed by atoms with Gasteiger partial charge in [-0.2, -0.15) is 0 Å². The fourth-order valence-electron chi connectivity index (χ4n) is 3.17. The smallest absolute Gasteiger partial charge is 0.0401 e. The van der Waals surface area contributed by atoms with E-state index in [1.54, 1.807) is 0 Å². The molecule has 0 amide bonds. The Morgan fingerprint density at radius 3 is 2.67 bits per heavy atom. The quantitative estimate of drug-likeness (QED) is 0.613. The van der Waals surface area contributed by atoms with E-state index in [1.165, 1.54) is 22.0 Å². The Hall–Kier alpha value is -0.680. The minimum atomic E-state index is 0.588. The van der Waals surface area contributed by atoms with Gasteiger partial charge < -0.3 is 0 Å². The lowest BCUT2D eigenvalue weighted by molar-refractivity contribution is 0.158. The molecule has 3 heterocycles. The SMILES string of the molecule is C=CCN1[C@@H]2C=C[C@H]1CC(c1cncc(I)c1)C2. The maximum absolute atomic E-state index is 4.33. The van der Waals surface area contributed by atoms with E-state index in [2.05, 4.69) is 57.3 Å². The number of rotatable bonds is 3. The molecule has 0 aliphatic carbocycles. The van der Waals surface area contributed by atoms with Crippen LogP contribution in [0.5, 0.6) is 0 Å². The lowest BCUT2D eigenvalue weighted by atomic mass is 9.85. The molecule has 0 N–H and O–H groups in total. The maximum Gasteiger partial charge on any atom is 0.0401 e. The fraction of sp³-hybridized carbons (Fsp3) is 0.400. The number of hydrogen-bond acceptors (Lipinski definition) is 2. The molecular weight excluding hydrogens is 335 g/mol. The van der Waals surface area contributed by atoms with Crippen LogP contribution in [0.3, 0.4) is 0 Å². The number of aromatic nitrogens is 1. The van der Waals surface area contributed by atoms with Crippen LogP contribution in [0.4, 0.5) is 0 Å². The summed E-state index contributed by atoms with van der Waals surface area (Å²) in [6, 6.07) is 3.45. The zero-order chi connectivity index (χ0) is 12.5. The molecule has 1 fully saturated rings. The highest BCUT2D eigenvalue weighted by molar-refractivity contribution is 14.1. The predicted molar refractivity (Wildman–Crippen MR) is 82.5 cm³/mol. The topological polar surface area (TPSA) is 16.1 Å². The number of halogens is 1. The summed E-state index contributed by atoms with van der Waals surface area (Å²) >= 11 is 2.34. The third-order valence-electron chi connectivity index (χ3n) is 4.00. The van der Waals surface area contributed by atoms with Crippen molar-refractivity contribution in [3.63, 3.8) is 0 Å².